The highest BCUT2D eigenvalue weighted by atomic mass is 15.0. The third kappa shape index (κ3) is 1.40. The van der Waals surface area contributed by atoms with Crippen LogP contribution in [0.1, 0.15) is 5.82 Å². The maximum Gasteiger partial charge on any atom is 0.144 e. The molecule has 0 bridgehead atoms. The van der Waals surface area contributed by atoms with Gasteiger partial charge in [0.05, 0.1) is 12.1 Å². The van der Waals surface area contributed by atoms with E-state index in [1.54, 1.807) is 0 Å². The van der Waals surface area contributed by atoms with Gasteiger partial charge in [-0.2, -0.15) is 0 Å². The Balaban J connectivity index is 2.73. The first-order valence-electron chi connectivity index (χ1n) is 4.48. The highest BCUT2D eigenvalue weighted by Gasteiger charge is 2.03. The fourth-order valence-corrected chi connectivity index (χ4v) is 1.41. The van der Waals surface area contributed by atoms with Crippen molar-refractivity contribution in [1.82, 2.24) is 9.97 Å². The maximum absolute atomic E-state index is 5.51. The number of nitrogens with zero attached hydrogens (tertiary/aromatic N) is 2. The van der Waals surface area contributed by atoms with Crippen LogP contribution in [0.3, 0.4) is 0 Å². The second-order valence-corrected chi connectivity index (χ2v) is 2.96. The Morgan fingerprint density at radius 3 is 2.79 bits per heavy atom. The fraction of sp³-hybridized carbons (Fsp3) is 0.200. The first-order valence-corrected chi connectivity index (χ1v) is 4.48. The van der Waals surface area contributed by atoms with Crippen LogP contribution in [0.15, 0.2) is 24.3 Å². The number of rotatable bonds is 2. The Bertz CT molecular complexity index is 453. The van der Waals surface area contributed by atoms with Crippen LogP contribution in [0.25, 0.3) is 10.9 Å². The van der Waals surface area contributed by atoms with E-state index >= 15 is 0 Å². The lowest BCUT2D eigenvalue weighted by atomic mass is 10.2. The predicted octanol–water partition coefficient (Wildman–Crippen LogP) is 1.13. The molecule has 3 N–H and O–H groups in total. The molecule has 2 aromatic rings. The van der Waals surface area contributed by atoms with Crippen molar-refractivity contribution in [3.05, 3.63) is 30.1 Å². The van der Waals surface area contributed by atoms with E-state index in [1.165, 1.54) is 0 Å². The van der Waals surface area contributed by atoms with Gasteiger partial charge in [0.1, 0.15) is 11.6 Å². The predicted molar refractivity (Wildman–Crippen MR) is 57.0 cm³/mol. The molecule has 0 amide bonds. The molecule has 4 nitrogen and oxygen atoms in total. The topological polar surface area (TPSA) is 63.8 Å². The van der Waals surface area contributed by atoms with E-state index in [9.17, 15) is 0 Å². The lowest BCUT2D eigenvalue weighted by Gasteiger charge is -2.06. The lowest BCUT2D eigenvalue weighted by molar-refractivity contribution is 0.928. The number of fused-ring (bicyclic) bond motifs is 1. The third-order valence-corrected chi connectivity index (χ3v) is 2.07. The molecule has 14 heavy (non-hydrogen) atoms. The molecule has 1 heterocycles. The van der Waals surface area contributed by atoms with Gasteiger partial charge in [-0.25, -0.2) is 9.97 Å². The third-order valence-electron chi connectivity index (χ3n) is 2.07. The lowest BCUT2D eigenvalue weighted by Crippen LogP contribution is -2.06. The van der Waals surface area contributed by atoms with Gasteiger partial charge in [-0.15, -0.1) is 0 Å². The molecule has 0 atom stereocenters. The van der Waals surface area contributed by atoms with Crippen LogP contribution >= 0.6 is 0 Å². The zero-order valence-electron chi connectivity index (χ0n) is 7.99. The Kier molecular flexibility index (Phi) is 2.28. The van der Waals surface area contributed by atoms with Crippen molar-refractivity contribution in [2.24, 2.45) is 5.73 Å². The number of hydrogen-bond donors (Lipinski definition) is 2. The minimum Gasteiger partial charge on any atom is -0.373 e. The number of aromatic nitrogens is 2. The van der Waals surface area contributed by atoms with Crippen molar-refractivity contribution in [3.63, 3.8) is 0 Å². The van der Waals surface area contributed by atoms with Crippen LogP contribution in [-0.2, 0) is 6.54 Å². The van der Waals surface area contributed by atoms with E-state index < -0.39 is 0 Å². The Labute approximate surface area is 82.2 Å². The first kappa shape index (κ1) is 8.90. The number of hydrogen-bond acceptors (Lipinski definition) is 4. The summed E-state index contributed by atoms with van der Waals surface area (Å²) < 4.78 is 0. The number of benzene rings is 1. The molecule has 0 radical (unpaired) electrons. The second kappa shape index (κ2) is 3.59. The molecule has 0 aliphatic rings. The molecule has 0 aliphatic heterocycles. The summed E-state index contributed by atoms with van der Waals surface area (Å²) in [4.78, 5) is 8.62. The van der Waals surface area contributed by atoms with Gasteiger partial charge in [-0.1, -0.05) is 12.1 Å². The van der Waals surface area contributed by atoms with Crippen LogP contribution in [-0.4, -0.2) is 17.0 Å². The van der Waals surface area contributed by atoms with E-state index in [0.717, 1.165) is 16.7 Å². The minimum absolute atomic E-state index is 0.361. The maximum atomic E-state index is 5.51. The van der Waals surface area contributed by atoms with E-state index in [4.69, 9.17) is 5.73 Å². The summed E-state index contributed by atoms with van der Waals surface area (Å²) in [6, 6.07) is 7.86. The van der Waals surface area contributed by atoms with Gasteiger partial charge in [0.2, 0.25) is 0 Å². The molecular weight excluding hydrogens is 176 g/mol. The standard InChI is InChI=1S/C10H12N4/c1-12-10-7-4-2-3-5-8(7)13-9(6-11)14-10/h2-5H,6,11H2,1H3,(H,12,13,14). The van der Waals surface area contributed by atoms with Gasteiger partial charge in [-0.05, 0) is 12.1 Å². The molecule has 0 saturated heterocycles. The van der Waals surface area contributed by atoms with Gasteiger partial charge in [0, 0.05) is 12.4 Å². The van der Waals surface area contributed by atoms with Gasteiger partial charge < -0.3 is 11.1 Å². The summed E-state index contributed by atoms with van der Waals surface area (Å²) in [5.74, 6) is 1.49. The smallest absolute Gasteiger partial charge is 0.144 e. The van der Waals surface area contributed by atoms with Crippen LogP contribution in [0.2, 0.25) is 0 Å². The molecular formula is C10H12N4. The van der Waals surface area contributed by atoms with Crippen LogP contribution in [0, 0.1) is 0 Å². The highest BCUT2D eigenvalue weighted by Crippen LogP contribution is 2.18. The van der Waals surface area contributed by atoms with E-state index in [2.05, 4.69) is 15.3 Å². The van der Waals surface area contributed by atoms with Crippen molar-refractivity contribution in [1.29, 1.82) is 0 Å². The molecule has 0 aliphatic carbocycles. The minimum atomic E-state index is 0.361. The molecule has 0 saturated carbocycles. The molecule has 0 unspecified atom stereocenters. The quantitative estimate of drug-likeness (QED) is 0.741. The van der Waals surface area contributed by atoms with E-state index in [0.29, 0.717) is 12.4 Å². The summed E-state index contributed by atoms with van der Waals surface area (Å²) in [6.45, 7) is 0.361. The van der Waals surface area contributed by atoms with Crippen molar-refractivity contribution in [2.75, 3.05) is 12.4 Å². The summed E-state index contributed by atoms with van der Waals surface area (Å²) in [5, 5.41) is 4.06. The Hall–Kier alpha value is -1.68. The molecule has 72 valence electrons. The number of para-hydroxylation sites is 1. The van der Waals surface area contributed by atoms with Crippen molar-refractivity contribution < 1.29 is 0 Å². The zero-order chi connectivity index (χ0) is 9.97. The first-order chi connectivity index (χ1) is 6.85. The molecule has 1 aromatic carbocycles. The number of nitrogens with one attached hydrogen (secondary N) is 1. The summed E-state index contributed by atoms with van der Waals surface area (Å²) in [7, 11) is 1.84. The molecule has 0 fully saturated rings. The average Bonchev–Trinajstić information content (AvgIpc) is 2.27. The highest BCUT2D eigenvalue weighted by molar-refractivity contribution is 5.88. The summed E-state index contributed by atoms with van der Waals surface area (Å²) >= 11 is 0. The Morgan fingerprint density at radius 2 is 2.07 bits per heavy atom. The average molecular weight is 188 g/mol. The van der Waals surface area contributed by atoms with Gasteiger partial charge in [0.25, 0.3) is 0 Å². The van der Waals surface area contributed by atoms with Gasteiger partial charge >= 0.3 is 0 Å². The number of anilines is 1. The monoisotopic (exact) mass is 188 g/mol. The van der Waals surface area contributed by atoms with Crippen LogP contribution in [0.4, 0.5) is 5.82 Å². The number of nitrogens with two attached hydrogens (primary N) is 1. The van der Waals surface area contributed by atoms with Gasteiger partial charge in [0.15, 0.2) is 0 Å². The summed E-state index contributed by atoms with van der Waals surface area (Å²) in [5.41, 5.74) is 6.44. The SMILES string of the molecule is CNc1nc(CN)nc2ccccc12. The van der Waals surface area contributed by atoms with Crippen molar-refractivity contribution in [3.8, 4) is 0 Å². The van der Waals surface area contributed by atoms with Crippen molar-refractivity contribution in [2.45, 2.75) is 6.54 Å². The zero-order valence-corrected chi connectivity index (χ0v) is 7.99. The van der Waals surface area contributed by atoms with Crippen LogP contribution < -0.4 is 11.1 Å². The molecule has 1 aromatic heterocycles. The molecule has 0 spiro atoms. The van der Waals surface area contributed by atoms with E-state index in [-0.39, 0.29) is 0 Å². The van der Waals surface area contributed by atoms with Crippen molar-refractivity contribution >= 4 is 16.7 Å². The summed E-state index contributed by atoms with van der Waals surface area (Å²) in [6.07, 6.45) is 0. The Morgan fingerprint density at radius 1 is 1.29 bits per heavy atom. The largest absolute Gasteiger partial charge is 0.373 e. The molecule has 2 rings (SSSR count). The van der Waals surface area contributed by atoms with E-state index in [1.807, 2.05) is 31.3 Å². The molecule has 4 heteroatoms. The second-order valence-electron chi connectivity index (χ2n) is 2.96. The normalized spacial score (nSPS) is 10.4. The fourth-order valence-electron chi connectivity index (χ4n) is 1.41. The van der Waals surface area contributed by atoms with Gasteiger partial charge in [-0.3, -0.25) is 0 Å². The van der Waals surface area contributed by atoms with Crippen LogP contribution in [0.5, 0.6) is 0 Å².